The van der Waals surface area contributed by atoms with Crippen LogP contribution < -0.4 is 0 Å². The maximum atomic E-state index is 12.2. The molecule has 0 radical (unpaired) electrons. The van der Waals surface area contributed by atoms with Crippen LogP contribution >= 0.6 is 0 Å². The fraction of sp³-hybridized carbons (Fsp3) is 0.412. The quantitative estimate of drug-likeness (QED) is 0.842. The number of halogens is 3. The van der Waals surface area contributed by atoms with Gasteiger partial charge in [0.1, 0.15) is 5.76 Å². The van der Waals surface area contributed by atoms with Gasteiger partial charge in [0.2, 0.25) is 0 Å². The van der Waals surface area contributed by atoms with Gasteiger partial charge < -0.3 is 9.36 Å². The third-order valence-electron chi connectivity index (χ3n) is 4.11. The van der Waals surface area contributed by atoms with E-state index in [9.17, 15) is 18.0 Å². The van der Waals surface area contributed by atoms with Crippen LogP contribution in [0.4, 0.5) is 13.2 Å². The summed E-state index contributed by atoms with van der Waals surface area (Å²) in [6.07, 6.45) is -3.25. The van der Waals surface area contributed by atoms with Gasteiger partial charge in [-0.3, -0.25) is 0 Å². The van der Waals surface area contributed by atoms with Gasteiger partial charge in [0.15, 0.2) is 0 Å². The lowest BCUT2D eigenvalue weighted by Crippen LogP contribution is -2.39. The molecule has 1 aliphatic rings. The highest BCUT2D eigenvalue weighted by Gasteiger charge is 2.43. The van der Waals surface area contributed by atoms with E-state index in [1.54, 1.807) is 0 Å². The van der Waals surface area contributed by atoms with Crippen molar-refractivity contribution in [3.8, 4) is 0 Å². The highest BCUT2D eigenvalue weighted by molar-refractivity contribution is 5.75. The van der Waals surface area contributed by atoms with E-state index in [0.717, 1.165) is 16.3 Å². The van der Waals surface area contributed by atoms with E-state index < -0.39 is 12.1 Å². The van der Waals surface area contributed by atoms with E-state index in [0.29, 0.717) is 25.0 Å². The fourth-order valence-corrected chi connectivity index (χ4v) is 2.81. The van der Waals surface area contributed by atoms with Gasteiger partial charge in [-0.15, -0.1) is 5.06 Å². The molecule has 0 unspecified atom stereocenters. The molecule has 2 heterocycles. The number of aromatic nitrogens is 1. The number of alkyl halides is 3. The largest absolute Gasteiger partial charge is 0.492 e. The van der Waals surface area contributed by atoms with Crippen molar-refractivity contribution in [2.75, 3.05) is 13.1 Å². The minimum Gasteiger partial charge on any atom is -0.361 e. The summed E-state index contributed by atoms with van der Waals surface area (Å²) in [5.74, 6) is -1.42. The number of piperidine rings is 1. The predicted octanol–water partition coefficient (Wildman–Crippen LogP) is 3.47. The zero-order chi connectivity index (χ0) is 17.9. The van der Waals surface area contributed by atoms with E-state index >= 15 is 0 Å². The van der Waals surface area contributed by atoms with Gasteiger partial charge in [-0.1, -0.05) is 35.5 Å². The van der Waals surface area contributed by atoms with Crippen molar-refractivity contribution in [2.45, 2.75) is 31.4 Å². The van der Waals surface area contributed by atoms with Gasteiger partial charge in [0.25, 0.3) is 0 Å². The summed E-state index contributed by atoms with van der Waals surface area (Å²) in [6, 6.07) is 11.7. The molecule has 3 rings (SSSR count). The fourth-order valence-electron chi connectivity index (χ4n) is 2.81. The summed E-state index contributed by atoms with van der Waals surface area (Å²) in [5, 5.41) is 5.11. The SMILES string of the molecule is O=C(ON1CCC(c2cc(Cc3ccccc3)no2)CC1)C(F)(F)F. The number of nitrogens with zero attached hydrogens (tertiary/aromatic N) is 2. The van der Waals surface area contributed by atoms with Crippen LogP contribution in [0, 0.1) is 0 Å². The molecule has 0 saturated carbocycles. The van der Waals surface area contributed by atoms with E-state index in [-0.39, 0.29) is 19.0 Å². The Balaban J connectivity index is 1.52. The average molecular weight is 354 g/mol. The lowest BCUT2D eigenvalue weighted by atomic mass is 9.95. The molecule has 0 N–H and O–H groups in total. The standard InChI is InChI=1S/C17H17F3N2O3/c18-17(19,20)16(23)25-22-8-6-13(7-9-22)15-11-14(21-24-15)10-12-4-2-1-3-5-12/h1-5,11,13H,6-10H2. The molecule has 1 saturated heterocycles. The van der Waals surface area contributed by atoms with Gasteiger partial charge >= 0.3 is 12.1 Å². The minimum absolute atomic E-state index is 0.0536. The second-order valence-corrected chi connectivity index (χ2v) is 5.96. The second kappa shape index (κ2) is 7.26. The molecule has 25 heavy (non-hydrogen) atoms. The van der Waals surface area contributed by atoms with Crippen molar-refractivity contribution in [3.63, 3.8) is 0 Å². The molecule has 1 aromatic heterocycles. The van der Waals surface area contributed by atoms with Gasteiger partial charge in [-0.05, 0) is 18.4 Å². The van der Waals surface area contributed by atoms with Crippen molar-refractivity contribution in [1.29, 1.82) is 0 Å². The van der Waals surface area contributed by atoms with Crippen LogP contribution in [0.5, 0.6) is 0 Å². The zero-order valence-electron chi connectivity index (χ0n) is 13.3. The summed E-state index contributed by atoms with van der Waals surface area (Å²) in [4.78, 5) is 15.2. The molecular formula is C17H17F3N2O3. The summed E-state index contributed by atoms with van der Waals surface area (Å²) in [6.45, 7) is 0.447. The third-order valence-corrected chi connectivity index (χ3v) is 4.11. The number of benzene rings is 1. The summed E-state index contributed by atoms with van der Waals surface area (Å²) < 4.78 is 42.0. The van der Waals surface area contributed by atoms with Crippen molar-refractivity contribution in [3.05, 3.63) is 53.4 Å². The normalized spacial score (nSPS) is 16.8. The van der Waals surface area contributed by atoms with Crippen molar-refractivity contribution in [2.24, 2.45) is 0 Å². The van der Waals surface area contributed by atoms with E-state index in [1.165, 1.54) is 0 Å². The topological polar surface area (TPSA) is 55.6 Å². The molecule has 0 atom stereocenters. The first-order chi connectivity index (χ1) is 11.9. The lowest BCUT2D eigenvalue weighted by Gasteiger charge is -2.29. The van der Waals surface area contributed by atoms with Crippen molar-refractivity contribution in [1.82, 2.24) is 10.2 Å². The number of rotatable bonds is 4. The lowest BCUT2D eigenvalue weighted by molar-refractivity contribution is -0.241. The molecule has 0 amide bonds. The monoisotopic (exact) mass is 354 g/mol. The predicted molar refractivity (Wildman–Crippen MR) is 81.4 cm³/mol. The molecule has 1 aromatic carbocycles. The maximum Gasteiger partial charge on any atom is 0.492 e. The Morgan fingerprint density at radius 1 is 1.24 bits per heavy atom. The molecule has 2 aromatic rings. The van der Waals surface area contributed by atoms with Crippen LogP contribution in [0.1, 0.15) is 35.8 Å². The number of hydrogen-bond donors (Lipinski definition) is 0. The first-order valence-corrected chi connectivity index (χ1v) is 7.95. The Morgan fingerprint density at radius 3 is 2.56 bits per heavy atom. The molecule has 0 spiro atoms. The number of hydrogen-bond acceptors (Lipinski definition) is 5. The average Bonchev–Trinajstić information content (AvgIpc) is 3.04. The Kier molecular flexibility index (Phi) is 5.08. The number of hydroxylamine groups is 2. The molecule has 5 nitrogen and oxygen atoms in total. The molecule has 134 valence electrons. The maximum absolute atomic E-state index is 12.2. The summed E-state index contributed by atoms with van der Waals surface area (Å²) in [7, 11) is 0. The van der Waals surface area contributed by atoms with Gasteiger partial charge in [0.05, 0.1) is 5.69 Å². The van der Waals surface area contributed by atoms with Crippen LogP contribution in [-0.2, 0) is 16.1 Å². The van der Waals surface area contributed by atoms with Crippen molar-refractivity contribution >= 4 is 5.97 Å². The zero-order valence-corrected chi connectivity index (χ0v) is 13.3. The summed E-state index contributed by atoms with van der Waals surface area (Å²) >= 11 is 0. The van der Waals surface area contributed by atoms with E-state index in [4.69, 9.17) is 4.52 Å². The number of carbonyl (C=O) groups is 1. The van der Waals surface area contributed by atoms with Crippen LogP contribution in [0.25, 0.3) is 0 Å². The van der Waals surface area contributed by atoms with Crippen LogP contribution in [0.15, 0.2) is 40.9 Å². The Morgan fingerprint density at radius 2 is 1.92 bits per heavy atom. The highest BCUT2D eigenvalue weighted by Crippen LogP contribution is 2.29. The first kappa shape index (κ1) is 17.5. The first-order valence-electron chi connectivity index (χ1n) is 7.95. The molecule has 0 aliphatic carbocycles. The van der Waals surface area contributed by atoms with Crippen LogP contribution in [0.3, 0.4) is 0 Å². The summed E-state index contributed by atoms with van der Waals surface area (Å²) in [5.41, 5.74) is 1.93. The molecule has 8 heteroatoms. The number of carbonyl (C=O) groups excluding carboxylic acids is 1. The Hall–Kier alpha value is -2.35. The third kappa shape index (κ3) is 4.60. The molecular weight excluding hydrogens is 337 g/mol. The van der Waals surface area contributed by atoms with E-state index in [1.807, 2.05) is 36.4 Å². The van der Waals surface area contributed by atoms with Gasteiger partial charge in [-0.2, -0.15) is 13.2 Å². The Labute approximate surface area is 142 Å². The second-order valence-electron chi connectivity index (χ2n) is 5.96. The van der Waals surface area contributed by atoms with Crippen LogP contribution in [-0.4, -0.2) is 35.5 Å². The smallest absolute Gasteiger partial charge is 0.361 e. The van der Waals surface area contributed by atoms with Crippen LogP contribution in [0.2, 0.25) is 0 Å². The van der Waals surface area contributed by atoms with E-state index in [2.05, 4.69) is 9.99 Å². The molecule has 1 fully saturated rings. The Bertz CT molecular complexity index is 707. The minimum atomic E-state index is -4.98. The van der Waals surface area contributed by atoms with Gasteiger partial charge in [-0.25, -0.2) is 4.79 Å². The van der Waals surface area contributed by atoms with Gasteiger partial charge in [0, 0.05) is 31.5 Å². The highest BCUT2D eigenvalue weighted by atomic mass is 19.4. The molecule has 1 aliphatic heterocycles. The molecule has 0 bridgehead atoms. The van der Waals surface area contributed by atoms with Crippen molar-refractivity contribution < 1.29 is 27.3 Å².